The lowest BCUT2D eigenvalue weighted by Gasteiger charge is -2.41. The number of aliphatic imine (C=N–C) groups is 2. The minimum Gasteiger partial charge on any atom is -0.480 e. The second kappa shape index (κ2) is 7.57. The maximum absolute atomic E-state index is 12.5. The normalized spacial score (nSPS) is 32.7. The number of aliphatic carboxylic acids is 1. The lowest BCUT2D eigenvalue weighted by atomic mass is 9.93. The van der Waals surface area contributed by atoms with Crippen LogP contribution < -0.4 is 5.32 Å². The van der Waals surface area contributed by atoms with Gasteiger partial charge in [0.2, 0.25) is 0 Å². The van der Waals surface area contributed by atoms with E-state index >= 15 is 0 Å². The van der Waals surface area contributed by atoms with E-state index in [9.17, 15) is 14.7 Å². The fourth-order valence-electron chi connectivity index (χ4n) is 4.56. The third-order valence-corrected chi connectivity index (χ3v) is 7.69. The molecular weight excluding hydrogens is 378 g/mol. The first-order valence-electron chi connectivity index (χ1n) is 10.1. The van der Waals surface area contributed by atoms with Crippen molar-refractivity contribution in [1.29, 1.82) is 0 Å². The van der Waals surface area contributed by atoms with E-state index < -0.39 is 22.8 Å². The Morgan fingerprint density at radius 2 is 2.18 bits per heavy atom. The Hall–Kier alpha value is -1.77. The van der Waals surface area contributed by atoms with Crippen molar-refractivity contribution < 1.29 is 14.7 Å². The number of piperidine rings is 1. The molecule has 28 heavy (non-hydrogen) atoms. The molecule has 2 N–H and O–H groups in total. The summed E-state index contributed by atoms with van der Waals surface area (Å²) in [5, 5.41) is 12.7. The lowest BCUT2D eigenvalue weighted by Crippen LogP contribution is -2.65. The number of amides is 1. The first-order valence-corrected chi connectivity index (χ1v) is 11.0. The summed E-state index contributed by atoms with van der Waals surface area (Å²) in [5.41, 5.74) is 0. The van der Waals surface area contributed by atoms with E-state index in [1.807, 2.05) is 20.2 Å². The van der Waals surface area contributed by atoms with Crippen LogP contribution in [0.3, 0.4) is 0 Å². The number of nitrogens with zero attached hydrogens (tertiary/aromatic N) is 4. The van der Waals surface area contributed by atoms with Gasteiger partial charge in [-0.15, -0.1) is 11.8 Å². The van der Waals surface area contributed by atoms with E-state index in [1.54, 1.807) is 11.8 Å². The Bertz CT molecular complexity index is 702. The van der Waals surface area contributed by atoms with Gasteiger partial charge in [-0.25, -0.2) is 4.79 Å². The number of carboxylic acid groups (broad SMARTS) is 1. The molecule has 0 aromatic rings. The molecule has 0 unspecified atom stereocenters. The summed E-state index contributed by atoms with van der Waals surface area (Å²) in [7, 11) is 0. The maximum atomic E-state index is 12.5. The van der Waals surface area contributed by atoms with E-state index in [4.69, 9.17) is 0 Å². The van der Waals surface area contributed by atoms with Crippen LogP contribution in [0.25, 0.3) is 0 Å². The van der Waals surface area contributed by atoms with Gasteiger partial charge in [0.25, 0.3) is 5.91 Å². The summed E-state index contributed by atoms with van der Waals surface area (Å²) in [5.74, 6) is 0.711. The summed E-state index contributed by atoms with van der Waals surface area (Å²) >= 11 is 1.54. The van der Waals surface area contributed by atoms with E-state index in [-0.39, 0.29) is 11.3 Å². The molecule has 9 heteroatoms. The average Bonchev–Trinajstić information content (AvgIpc) is 2.92. The molecule has 3 saturated heterocycles. The number of likely N-dealkylation sites (tertiary alicyclic amines) is 1. The Morgan fingerprint density at radius 3 is 2.82 bits per heavy atom. The molecule has 3 fully saturated rings. The summed E-state index contributed by atoms with van der Waals surface area (Å²) in [6.07, 6.45) is 6.17. The predicted octanol–water partition coefficient (Wildman–Crippen LogP) is 1.02. The molecule has 4 heterocycles. The molecule has 4 rings (SSSR count). The van der Waals surface area contributed by atoms with E-state index in [0.29, 0.717) is 5.92 Å². The van der Waals surface area contributed by atoms with Crippen LogP contribution in [-0.2, 0) is 9.59 Å². The van der Waals surface area contributed by atoms with Gasteiger partial charge in [0, 0.05) is 37.3 Å². The number of β-lactam (4-membered cyclic amide) rings is 1. The predicted molar refractivity (Wildman–Crippen MR) is 110 cm³/mol. The third-order valence-electron chi connectivity index (χ3n) is 6.14. The van der Waals surface area contributed by atoms with Crippen LogP contribution in [0.15, 0.2) is 9.98 Å². The van der Waals surface area contributed by atoms with E-state index in [0.717, 1.165) is 57.7 Å². The van der Waals surface area contributed by atoms with Gasteiger partial charge in [-0.05, 0) is 39.0 Å². The van der Waals surface area contributed by atoms with Gasteiger partial charge in [-0.3, -0.25) is 14.8 Å². The molecule has 8 nitrogen and oxygen atoms in total. The Labute approximate surface area is 169 Å². The van der Waals surface area contributed by atoms with Gasteiger partial charge < -0.3 is 20.2 Å². The number of rotatable bonds is 5. The topological polar surface area (TPSA) is 97.6 Å². The highest BCUT2D eigenvalue weighted by atomic mass is 32.2. The highest BCUT2D eigenvalue weighted by molar-refractivity contribution is 8.01. The molecule has 3 atom stereocenters. The first kappa shape index (κ1) is 19.5. The Morgan fingerprint density at radius 1 is 1.43 bits per heavy atom. The molecule has 4 aliphatic heterocycles. The number of amidine groups is 1. The fourth-order valence-corrected chi connectivity index (χ4v) is 6.18. The fraction of sp³-hybridized carbons (Fsp3) is 0.789. The monoisotopic (exact) mass is 407 g/mol. The van der Waals surface area contributed by atoms with Crippen LogP contribution in [0.4, 0.5) is 0 Å². The Kier molecular flexibility index (Phi) is 5.28. The zero-order chi connectivity index (χ0) is 19.9. The zero-order valence-electron chi connectivity index (χ0n) is 16.5. The largest absolute Gasteiger partial charge is 0.480 e. The Balaban J connectivity index is 1.29. The molecule has 0 saturated carbocycles. The van der Waals surface area contributed by atoms with Crippen molar-refractivity contribution in [3.05, 3.63) is 0 Å². The van der Waals surface area contributed by atoms with Crippen LogP contribution in [-0.4, -0.2) is 87.3 Å². The molecule has 0 aromatic carbocycles. The van der Waals surface area contributed by atoms with Crippen LogP contribution >= 0.6 is 11.8 Å². The minimum absolute atomic E-state index is 0.159. The van der Waals surface area contributed by atoms with Crippen molar-refractivity contribution in [3.63, 3.8) is 0 Å². The minimum atomic E-state index is -0.935. The van der Waals surface area contributed by atoms with Crippen LogP contribution in [0.1, 0.15) is 39.5 Å². The van der Waals surface area contributed by atoms with Gasteiger partial charge in [-0.2, -0.15) is 0 Å². The number of thioether (sulfide) groups is 1. The van der Waals surface area contributed by atoms with Crippen LogP contribution in [0, 0.1) is 5.92 Å². The van der Waals surface area contributed by atoms with Gasteiger partial charge in [0.05, 0.1) is 12.2 Å². The van der Waals surface area contributed by atoms with Crippen molar-refractivity contribution in [2.24, 2.45) is 15.9 Å². The number of hydrogen-bond donors (Lipinski definition) is 2. The highest BCUT2D eigenvalue weighted by Crippen LogP contribution is 2.51. The van der Waals surface area contributed by atoms with E-state index in [2.05, 4.69) is 20.2 Å². The summed E-state index contributed by atoms with van der Waals surface area (Å²) < 4.78 is -0.495. The van der Waals surface area contributed by atoms with E-state index in [1.165, 1.54) is 4.90 Å². The number of carbonyl (C=O) groups excluding carboxylic acids is 1. The van der Waals surface area contributed by atoms with Gasteiger partial charge in [-0.1, -0.05) is 0 Å². The summed E-state index contributed by atoms with van der Waals surface area (Å²) in [4.78, 5) is 36.8. The number of carbonyl (C=O) groups is 2. The maximum Gasteiger partial charge on any atom is 0.327 e. The van der Waals surface area contributed by atoms with Crippen LogP contribution in [0.5, 0.6) is 0 Å². The number of fused-ring (bicyclic) bond motifs is 1. The zero-order valence-corrected chi connectivity index (χ0v) is 17.3. The number of hydrogen-bond acceptors (Lipinski definition) is 6. The standard InChI is InChI=1S/C19H29N5O3S/c1-19(2)15(18(26)27)24-16(25)14(17(24)28-19)22-11-23-8-4-12(5-9-23)10-13-20-6-3-7-21-13/h11-12,14-15,17H,3-10H2,1-2H3,(H,20,21)(H,26,27)/t14-,15+,17-/m1/s1. The quantitative estimate of drug-likeness (QED) is 0.401. The molecule has 0 spiro atoms. The van der Waals surface area contributed by atoms with Gasteiger partial charge in [0.1, 0.15) is 11.4 Å². The van der Waals surface area contributed by atoms with Gasteiger partial charge in [0.15, 0.2) is 6.04 Å². The highest BCUT2D eigenvalue weighted by Gasteiger charge is 2.63. The van der Waals surface area contributed by atoms with Crippen LogP contribution in [0.2, 0.25) is 0 Å². The molecular formula is C19H29N5O3S. The molecule has 154 valence electrons. The van der Waals surface area contributed by atoms with Crippen molar-refractivity contribution in [2.45, 2.75) is 61.7 Å². The molecule has 1 amide bonds. The summed E-state index contributed by atoms with van der Waals surface area (Å²) in [6.45, 7) is 7.63. The van der Waals surface area contributed by atoms with Crippen molar-refractivity contribution in [1.82, 2.24) is 15.1 Å². The molecule has 4 aliphatic rings. The SMILES string of the molecule is CC1(C)S[C@@H]2[C@H](N=CN3CCC(CC4=NCCCN4)CC3)C(=O)N2[C@H]1C(=O)O. The second-order valence-corrected chi connectivity index (χ2v) is 10.4. The number of carboxylic acids is 1. The van der Waals surface area contributed by atoms with Crippen molar-refractivity contribution in [3.8, 4) is 0 Å². The average molecular weight is 408 g/mol. The molecule has 0 radical (unpaired) electrons. The smallest absolute Gasteiger partial charge is 0.327 e. The lowest BCUT2D eigenvalue weighted by molar-refractivity contribution is -0.158. The third kappa shape index (κ3) is 3.60. The summed E-state index contributed by atoms with van der Waals surface area (Å²) in [6, 6.07) is -1.22. The molecule has 0 aliphatic carbocycles. The van der Waals surface area contributed by atoms with Crippen molar-refractivity contribution >= 4 is 35.8 Å². The molecule has 0 aromatic heterocycles. The van der Waals surface area contributed by atoms with Crippen molar-refractivity contribution in [2.75, 3.05) is 26.2 Å². The van der Waals surface area contributed by atoms with Gasteiger partial charge >= 0.3 is 5.97 Å². The number of nitrogens with one attached hydrogen (secondary N) is 1. The first-order chi connectivity index (χ1) is 13.4. The second-order valence-electron chi connectivity index (χ2n) is 8.60. The molecule has 0 bridgehead atoms.